The van der Waals surface area contributed by atoms with Crippen molar-refractivity contribution in [2.45, 2.75) is 40.0 Å². The molecule has 0 aliphatic heterocycles. The van der Waals surface area contributed by atoms with E-state index < -0.39 is 0 Å². The van der Waals surface area contributed by atoms with Crippen molar-refractivity contribution in [2.24, 2.45) is 0 Å². The Balaban J connectivity index is 2.67. The summed E-state index contributed by atoms with van der Waals surface area (Å²) in [7, 11) is 0. The second-order valence-electron chi connectivity index (χ2n) is 4.38. The molecule has 0 heterocycles. The molecule has 0 unspecified atom stereocenters. The maximum atomic E-state index is 11.4. The van der Waals surface area contributed by atoms with Gasteiger partial charge in [0.25, 0.3) is 0 Å². The van der Waals surface area contributed by atoms with E-state index in [0.717, 1.165) is 5.56 Å². The summed E-state index contributed by atoms with van der Waals surface area (Å²) in [5.74, 6) is 0.142. The Hall–Kier alpha value is -1.35. The fourth-order valence-corrected chi connectivity index (χ4v) is 1.82. The van der Waals surface area contributed by atoms with Crippen LogP contribution in [0, 0.1) is 6.92 Å². The number of aryl methyl sites for hydroxylation is 1. The minimum Gasteiger partial charge on any atom is -0.298 e. The summed E-state index contributed by atoms with van der Waals surface area (Å²) in [6, 6.07) is 6.07. The van der Waals surface area contributed by atoms with Crippen LogP contribution in [0.3, 0.4) is 0 Å². The number of rotatable bonds is 5. The van der Waals surface area contributed by atoms with Gasteiger partial charge in [-0.3, -0.25) is 4.89 Å². The van der Waals surface area contributed by atoms with Crippen LogP contribution in [0.5, 0.6) is 0 Å². The molecule has 1 aromatic carbocycles. The van der Waals surface area contributed by atoms with Gasteiger partial charge in [0.05, 0.1) is 13.0 Å². The third-order valence-corrected chi connectivity index (χ3v) is 2.57. The first kappa shape index (κ1) is 13.7. The summed E-state index contributed by atoms with van der Waals surface area (Å²) in [6.45, 7) is 8.52. The zero-order valence-electron chi connectivity index (χ0n) is 10.9. The van der Waals surface area contributed by atoms with Gasteiger partial charge >= 0.3 is 5.97 Å². The molecular formula is C14H20O3. The van der Waals surface area contributed by atoms with Crippen LogP contribution < -0.4 is 0 Å². The number of hydrogen-bond acceptors (Lipinski definition) is 3. The van der Waals surface area contributed by atoms with Crippen molar-refractivity contribution in [3.8, 4) is 0 Å². The quantitative estimate of drug-likeness (QED) is 0.582. The monoisotopic (exact) mass is 236 g/mol. The van der Waals surface area contributed by atoms with E-state index in [1.807, 2.05) is 12.1 Å². The SMILES string of the molecule is CCOOC(=O)Cc1ccc(C(C)C)c(C)c1. The maximum Gasteiger partial charge on any atom is 0.346 e. The Labute approximate surface area is 103 Å². The molecule has 0 atom stereocenters. The van der Waals surface area contributed by atoms with Crippen molar-refractivity contribution < 1.29 is 14.6 Å². The van der Waals surface area contributed by atoms with Crippen LogP contribution in [0.25, 0.3) is 0 Å². The van der Waals surface area contributed by atoms with Crippen LogP contribution in [-0.4, -0.2) is 12.6 Å². The molecule has 1 rings (SSSR count). The molecule has 0 saturated carbocycles. The van der Waals surface area contributed by atoms with Gasteiger partial charge in [0.2, 0.25) is 0 Å². The molecule has 94 valence electrons. The van der Waals surface area contributed by atoms with E-state index in [4.69, 9.17) is 0 Å². The molecule has 3 heteroatoms. The predicted octanol–water partition coefficient (Wildman–Crippen LogP) is 3.16. The number of carbonyl (C=O) groups excluding carboxylic acids is 1. The molecule has 0 aliphatic rings. The highest BCUT2D eigenvalue weighted by molar-refractivity contribution is 5.72. The van der Waals surface area contributed by atoms with E-state index in [1.165, 1.54) is 11.1 Å². The van der Waals surface area contributed by atoms with Gasteiger partial charge in [-0.2, -0.15) is 4.89 Å². The molecular weight excluding hydrogens is 216 g/mol. The van der Waals surface area contributed by atoms with Crippen molar-refractivity contribution in [2.75, 3.05) is 6.61 Å². The minimum atomic E-state index is -0.358. The zero-order chi connectivity index (χ0) is 12.8. The number of hydrogen-bond donors (Lipinski definition) is 0. The van der Waals surface area contributed by atoms with Gasteiger partial charge in [-0.1, -0.05) is 32.0 Å². The van der Waals surface area contributed by atoms with Crippen LogP contribution in [0.2, 0.25) is 0 Å². The molecule has 0 saturated heterocycles. The summed E-state index contributed by atoms with van der Waals surface area (Å²) in [6.07, 6.45) is 0.249. The number of carbonyl (C=O) groups is 1. The molecule has 1 aromatic rings. The minimum absolute atomic E-state index is 0.249. The lowest BCUT2D eigenvalue weighted by Crippen LogP contribution is -2.09. The molecule has 17 heavy (non-hydrogen) atoms. The van der Waals surface area contributed by atoms with Gasteiger partial charge in [0.1, 0.15) is 0 Å². The van der Waals surface area contributed by atoms with Gasteiger partial charge in [0, 0.05) is 0 Å². The first-order valence-corrected chi connectivity index (χ1v) is 5.96. The lowest BCUT2D eigenvalue weighted by atomic mass is 9.95. The van der Waals surface area contributed by atoms with Crippen molar-refractivity contribution >= 4 is 5.97 Å². The summed E-state index contributed by atoms with van der Waals surface area (Å²) in [5, 5.41) is 0. The van der Waals surface area contributed by atoms with Crippen LogP contribution in [0.4, 0.5) is 0 Å². The normalized spacial score (nSPS) is 10.6. The van der Waals surface area contributed by atoms with Gasteiger partial charge in [-0.25, -0.2) is 4.79 Å². The Morgan fingerprint density at radius 3 is 2.59 bits per heavy atom. The fraction of sp³-hybridized carbons (Fsp3) is 0.500. The van der Waals surface area contributed by atoms with E-state index in [1.54, 1.807) is 6.92 Å². The third-order valence-electron chi connectivity index (χ3n) is 2.57. The topological polar surface area (TPSA) is 35.5 Å². The van der Waals surface area contributed by atoms with E-state index in [-0.39, 0.29) is 12.4 Å². The Morgan fingerprint density at radius 1 is 1.35 bits per heavy atom. The molecule has 0 spiro atoms. The zero-order valence-corrected chi connectivity index (χ0v) is 10.9. The fourth-order valence-electron chi connectivity index (χ4n) is 1.82. The summed E-state index contributed by atoms with van der Waals surface area (Å²) < 4.78 is 0. The van der Waals surface area contributed by atoms with E-state index in [9.17, 15) is 4.79 Å². The van der Waals surface area contributed by atoms with Crippen LogP contribution >= 0.6 is 0 Å². The van der Waals surface area contributed by atoms with Gasteiger partial charge < -0.3 is 0 Å². The summed E-state index contributed by atoms with van der Waals surface area (Å²) >= 11 is 0. The lowest BCUT2D eigenvalue weighted by Gasteiger charge is -2.11. The average molecular weight is 236 g/mol. The highest BCUT2D eigenvalue weighted by Crippen LogP contribution is 2.20. The highest BCUT2D eigenvalue weighted by Gasteiger charge is 2.08. The largest absolute Gasteiger partial charge is 0.346 e. The molecule has 0 N–H and O–H groups in total. The second kappa shape index (κ2) is 6.40. The van der Waals surface area contributed by atoms with E-state index in [0.29, 0.717) is 12.5 Å². The van der Waals surface area contributed by atoms with Gasteiger partial charge in [0.15, 0.2) is 0 Å². The molecule has 0 bridgehead atoms. The number of benzene rings is 1. The van der Waals surface area contributed by atoms with Crippen LogP contribution in [0.1, 0.15) is 43.4 Å². The van der Waals surface area contributed by atoms with Crippen molar-refractivity contribution in [3.05, 3.63) is 34.9 Å². The molecule has 0 aliphatic carbocycles. The Kier molecular flexibility index (Phi) is 5.16. The average Bonchev–Trinajstić information content (AvgIpc) is 2.26. The molecule has 3 nitrogen and oxygen atoms in total. The molecule has 0 fully saturated rings. The van der Waals surface area contributed by atoms with Gasteiger partial charge in [-0.15, -0.1) is 0 Å². The predicted molar refractivity (Wildman–Crippen MR) is 66.7 cm³/mol. The van der Waals surface area contributed by atoms with E-state index >= 15 is 0 Å². The Bertz CT molecular complexity index is 383. The second-order valence-corrected chi connectivity index (χ2v) is 4.38. The standard InChI is InChI=1S/C14H20O3/c1-5-16-17-14(15)9-12-6-7-13(10(2)3)11(4)8-12/h6-8,10H,5,9H2,1-4H3. The Morgan fingerprint density at radius 2 is 2.06 bits per heavy atom. The first-order valence-electron chi connectivity index (χ1n) is 5.96. The molecule has 0 radical (unpaired) electrons. The first-order chi connectivity index (χ1) is 8.04. The van der Waals surface area contributed by atoms with Crippen LogP contribution in [0.15, 0.2) is 18.2 Å². The third kappa shape index (κ3) is 4.19. The van der Waals surface area contributed by atoms with Crippen LogP contribution in [-0.2, 0) is 21.0 Å². The summed E-state index contributed by atoms with van der Waals surface area (Å²) in [5.41, 5.74) is 3.48. The molecule has 0 amide bonds. The maximum absolute atomic E-state index is 11.4. The summed E-state index contributed by atoms with van der Waals surface area (Å²) in [4.78, 5) is 20.5. The van der Waals surface area contributed by atoms with E-state index in [2.05, 4.69) is 36.6 Å². The highest BCUT2D eigenvalue weighted by atomic mass is 17.2. The van der Waals surface area contributed by atoms with Gasteiger partial charge in [-0.05, 0) is 36.5 Å². The molecule has 0 aromatic heterocycles. The smallest absolute Gasteiger partial charge is 0.298 e. The van der Waals surface area contributed by atoms with Crippen molar-refractivity contribution in [3.63, 3.8) is 0 Å². The lowest BCUT2D eigenvalue weighted by molar-refractivity contribution is -0.268. The van der Waals surface area contributed by atoms with Crippen molar-refractivity contribution in [1.29, 1.82) is 0 Å². The van der Waals surface area contributed by atoms with Crippen molar-refractivity contribution in [1.82, 2.24) is 0 Å².